The molecule has 0 aliphatic heterocycles. The van der Waals surface area contributed by atoms with Crippen molar-refractivity contribution in [2.75, 3.05) is 12.4 Å². The summed E-state index contributed by atoms with van der Waals surface area (Å²) in [4.78, 5) is 4.18. The molecule has 2 rings (SSSR count). The maximum Gasteiger partial charge on any atom is 0.191 e. The molecule has 2 aromatic rings. The maximum atomic E-state index is 13.3. The van der Waals surface area contributed by atoms with E-state index >= 15 is 0 Å². The topological polar surface area (TPSA) is 34.1 Å². The molecule has 0 amide bonds. The quantitative estimate of drug-likeness (QED) is 0.905. The average molecular weight is 250 g/mol. The van der Waals surface area contributed by atoms with Gasteiger partial charge in [0.15, 0.2) is 17.4 Å². The first-order valence-electron chi connectivity index (χ1n) is 5.41. The molecule has 0 atom stereocenters. The minimum Gasteiger partial charge on any atom is -0.481 e. The molecule has 18 heavy (non-hydrogen) atoms. The molecule has 0 radical (unpaired) electrons. The summed E-state index contributed by atoms with van der Waals surface area (Å²) in [5.41, 5.74) is 0.588. The molecule has 5 heteroatoms. The lowest BCUT2D eigenvalue weighted by molar-refractivity contribution is 0.270. The molecule has 0 saturated heterocycles. The Morgan fingerprint density at radius 3 is 2.44 bits per heavy atom. The van der Waals surface area contributed by atoms with Gasteiger partial charge in [0.2, 0.25) is 0 Å². The lowest BCUT2D eigenvalue weighted by Gasteiger charge is -2.08. The van der Waals surface area contributed by atoms with Crippen molar-refractivity contribution in [3.05, 3.63) is 53.7 Å². The molecular formula is C13H12F2N2O. The zero-order chi connectivity index (χ0) is 13.0. The van der Waals surface area contributed by atoms with Crippen molar-refractivity contribution in [3.8, 4) is 5.75 Å². The lowest BCUT2D eigenvalue weighted by Crippen LogP contribution is -2.03. The molecule has 0 bridgehead atoms. The van der Waals surface area contributed by atoms with Crippen LogP contribution < -0.4 is 10.1 Å². The molecule has 0 saturated carbocycles. The molecule has 3 nitrogen and oxygen atoms in total. The fraction of sp³-hybridized carbons (Fsp3) is 0.154. The van der Waals surface area contributed by atoms with E-state index in [1.165, 1.54) is 6.07 Å². The van der Waals surface area contributed by atoms with Gasteiger partial charge in [-0.1, -0.05) is 12.1 Å². The number of ether oxygens (including phenoxy) is 1. The highest BCUT2D eigenvalue weighted by Crippen LogP contribution is 2.21. The Bertz CT molecular complexity index is 526. The van der Waals surface area contributed by atoms with Gasteiger partial charge in [0.25, 0.3) is 0 Å². The van der Waals surface area contributed by atoms with E-state index in [0.29, 0.717) is 11.5 Å². The molecule has 0 fully saturated rings. The summed E-state index contributed by atoms with van der Waals surface area (Å²) in [6.45, 7) is 0.00731. The Kier molecular flexibility index (Phi) is 3.72. The van der Waals surface area contributed by atoms with Crippen LogP contribution in [-0.4, -0.2) is 12.0 Å². The number of anilines is 1. The first-order valence-corrected chi connectivity index (χ1v) is 5.41. The van der Waals surface area contributed by atoms with E-state index in [4.69, 9.17) is 4.74 Å². The number of hydrogen-bond donors (Lipinski definition) is 1. The van der Waals surface area contributed by atoms with Crippen LogP contribution in [0.5, 0.6) is 5.75 Å². The molecule has 0 unspecified atom stereocenters. The largest absolute Gasteiger partial charge is 0.481 e. The van der Waals surface area contributed by atoms with Gasteiger partial charge in [0, 0.05) is 7.05 Å². The first-order chi connectivity index (χ1) is 8.70. The minimum atomic E-state index is -0.722. The number of hydrogen-bond acceptors (Lipinski definition) is 3. The predicted molar refractivity (Wildman–Crippen MR) is 64.5 cm³/mol. The Labute approximate surface area is 103 Å². The van der Waals surface area contributed by atoms with Gasteiger partial charge in [-0.2, -0.15) is 0 Å². The van der Waals surface area contributed by atoms with Crippen LogP contribution in [0.2, 0.25) is 0 Å². The summed E-state index contributed by atoms with van der Waals surface area (Å²) >= 11 is 0. The number of nitrogens with zero attached hydrogens (tertiary/aromatic N) is 1. The van der Waals surface area contributed by atoms with Crippen LogP contribution in [0.15, 0.2) is 36.4 Å². The van der Waals surface area contributed by atoms with Gasteiger partial charge in [-0.15, -0.1) is 0 Å². The van der Waals surface area contributed by atoms with Crippen LogP contribution in [0, 0.1) is 11.6 Å². The highest BCUT2D eigenvalue weighted by molar-refractivity contribution is 5.34. The monoisotopic (exact) mass is 250 g/mol. The van der Waals surface area contributed by atoms with Gasteiger partial charge in [0.1, 0.15) is 12.4 Å². The standard InChI is InChI=1S/C13H12F2N2O/c1-16-12-7-2-4-9(17-12)8-18-13-10(14)5-3-6-11(13)15/h2-7H,8H2,1H3,(H,16,17). The second-order valence-electron chi connectivity index (χ2n) is 3.60. The van der Waals surface area contributed by atoms with E-state index in [9.17, 15) is 8.78 Å². The first kappa shape index (κ1) is 12.3. The summed E-state index contributed by atoms with van der Waals surface area (Å²) in [5, 5.41) is 2.87. The van der Waals surface area contributed by atoms with E-state index in [1.54, 1.807) is 25.2 Å². The highest BCUT2D eigenvalue weighted by atomic mass is 19.1. The minimum absolute atomic E-state index is 0.00731. The van der Waals surface area contributed by atoms with Crippen molar-refractivity contribution >= 4 is 5.82 Å². The summed E-state index contributed by atoms with van der Waals surface area (Å²) in [7, 11) is 1.74. The van der Waals surface area contributed by atoms with Crippen molar-refractivity contribution < 1.29 is 13.5 Å². The van der Waals surface area contributed by atoms with Crippen molar-refractivity contribution in [2.45, 2.75) is 6.61 Å². The van der Waals surface area contributed by atoms with Crippen LogP contribution in [0.4, 0.5) is 14.6 Å². The molecule has 1 aromatic heterocycles. The Hall–Kier alpha value is -2.17. The van der Waals surface area contributed by atoms with Gasteiger partial charge in [-0.25, -0.2) is 13.8 Å². The smallest absolute Gasteiger partial charge is 0.191 e. The summed E-state index contributed by atoms with van der Waals surface area (Å²) in [6, 6.07) is 8.88. The van der Waals surface area contributed by atoms with E-state index < -0.39 is 11.6 Å². The Morgan fingerprint density at radius 1 is 1.11 bits per heavy atom. The fourth-order valence-electron chi connectivity index (χ4n) is 1.47. The molecule has 1 N–H and O–H groups in total. The van der Waals surface area contributed by atoms with Crippen molar-refractivity contribution in [2.24, 2.45) is 0 Å². The SMILES string of the molecule is CNc1cccc(COc2c(F)cccc2F)n1. The van der Waals surface area contributed by atoms with Crippen LogP contribution in [0.1, 0.15) is 5.69 Å². The molecule has 1 heterocycles. The number of halogens is 2. The maximum absolute atomic E-state index is 13.3. The number of pyridine rings is 1. The van der Waals surface area contributed by atoms with Gasteiger partial charge in [-0.05, 0) is 24.3 Å². The summed E-state index contributed by atoms with van der Waals surface area (Å²) in [6.07, 6.45) is 0. The lowest BCUT2D eigenvalue weighted by atomic mass is 10.3. The zero-order valence-corrected chi connectivity index (χ0v) is 9.78. The summed E-state index contributed by atoms with van der Waals surface area (Å²) < 4.78 is 31.7. The third-order valence-electron chi connectivity index (χ3n) is 2.35. The Morgan fingerprint density at radius 2 is 1.78 bits per heavy atom. The second kappa shape index (κ2) is 5.44. The van der Waals surface area contributed by atoms with Crippen LogP contribution >= 0.6 is 0 Å². The molecule has 0 aliphatic carbocycles. The van der Waals surface area contributed by atoms with Crippen LogP contribution in [0.25, 0.3) is 0 Å². The summed E-state index contributed by atoms with van der Waals surface area (Å²) in [5.74, 6) is -1.15. The number of benzene rings is 1. The van der Waals surface area contributed by atoms with Crippen LogP contribution in [0.3, 0.4) is 0 Å². The van der Waals surface area contributed by atoms with E-state index in [-0.39, 0.29) is 12.4 Å². The van der Waals surface area contributed by atoms with Crippen molar-refractivity contribution in [1.29, 1.82) is 0 Å². The van der Waals surface area contributed by atoms with Gasteiger partial charge in [-0.3, -0.25) is 0 Å². The normalized spacial score (nSPS) is 10.2. The van der Waals surface area contributed by atoms with Gasteiger partial charge >= 0.3 is 0 Å². The number of para-hydroxylation sites is 1. The third-order valence-corrected chi connectivity index (χ3v) is 2.35. The molecule has 94 valence electrons. The zero-order valence-electron chi connectivity index (χ0n) is 9.78. The van der Waals surface area contributed by atoms with Gasteiger partial charge < -0.3 is 10.1 Å². The Balaban J connectivity index is 2.11. The van der Waals surface area contributed by atoms with Crippen molar-refractivity contribution in [3.63, 3.8) is 0 Å². The number of nitrogens with one attached hydrogen (secondary N) is 1. The van der Waals surface area contributed by atoms with Gasteiger partial charge in [0.05, 0.1) is 5.69 Å². The number of rotatable bonds is 4. The van der Waals surface area contributed by atoms with E-state index in [1.807, 2.05) is 0 Å². The molecule has 1 aromatic carbocycles. The second-order valence-corrected chi connectivity index (χ2v) is 3.60. The van der Waals surface area contributed by atoms with E-state index in [2.05, 4.69) is 10.3 Å². The van der Waals surface area contributed by atoms with E-state index in [0.717, 1.165) is 12.1 Å². The average Bonchev–Trinajstić information content (AvgIpc) is 2.38. The molecule has 0 aliphatic rings. The third kappa shape index (κ3) is 2.74. The highest BCUT2D eigenvalue weighted by Gasteiger charge is 2.09. The molecular weight excluding hydrogens is 238 g/mol. The fourth-order valence-corrected chi connectivity index (χ4v) is 1.47. The number of aromatic nitrogens is 1. The predicted octanol–water partition coefficient (Wildman–Crippen LogP) is 2.98. The van der Waals surface area contributed by atoms with Crippen molar-refractivity contribution in [1.82, 2.24) is 4.98 Å². The molecule has 0 spiro atoms. The van der Waals surface area contributed by atoms with Crippen LogP contribution in [-0.2, 0) is 6.61 Å².